The Morgan fingerprint density at radius 2 is 1.95 bits per heavy atom. The van der Waals surface area contributed by atoms with Crippen molar-refractivity contribution in [1.29, 1.82) is 0 Å². The van der Waals surface area contributed by atoms with Crippen molar-refractivity contribution < 1.29 is 13.2 Å². The standard InChI is InChI=1S/C16H18N2O3S/c1-11-7-8-14(18(11)2)16(19)17-13-9-10-22(20,21)15-6-4-3-5-12(13)15/h3-8,13H,9-10H2,1-2H3,(H,17,19)/t13-/m0/s1. The van der Waals surface area contributed by atoms with E-state index in [1.807, 2.05) is 24.6 Å². The predicted octanol–water partition coefficient (Wildman–Crippen LogP) is 1.98. The van der Waals surface area contributed by atoms with E-state index < -0.39 is 9.84 Å². The molecule has 0 saturated carbocycles. The van der Waals surface area contributed by atoms with Gasteiger partial charge in [-0.25, -0.2) is 8.42 Å². The third kappa shape index (κ3) is 2.43. The highest BCUT2D eigenvalue weighted by Crippen LogP contribution is 2.32. The van der Waals surface area contributed by atoms with E-state index in [1.54, 1.807) is 30.3 Å². The number of hydrogen-bond acceptors (Lipinski definition) is 3. The molecule has 0 saturated heterocycles. The molecule has 5 nitrogen and oxygen atoms in total. The molecule has 0 fully saturated rings. The molecular formula is C16H18N2O3S. The van der Waals surface area contributed by atoms with Crippen LogP contribution in [0.1, 0.15) is 34.2 Å². The fourth-order valence-electron chi connectivity index (χ4n) is 2.81. The van der Waals surface area contributed by atoms with E-state index in [9.17, 15) is 13.2 Å². The topological polar surface area (TPSA) is 68.2 Å². The van der Waals surface area contributed by atoms with Crippen LogP contribution in [0.2, 0.25) is 0 Å². The largest absolute Gasteiger partial charge is 0.344 e. The molecule has 3 rings (SSSR count). The summed E-state index contributed by atoms with van der Waals surface area (Å²) in [5.74, 6) is -0.129. The van der Waals surface area contributed by atoms with E-state index in [-0.39, 0.29) is 17.7 Å². The van der Waals surface area contributed by atoms with Crippen molar-refractivity contribution in [2.45, 2.75) is 24.3 Å². The summed E-state index contributed by atoms with van der Waals surface area (Å²) in [6, 6.07) is 10.3. The molecule has 0 aliphatic carbocycles. The molecule has 1 aliphatic rings. The number of aryl methyl sites for hydroxylation is 1. The second-order valence-electron chi connectivity index (χ2n) is 5.59. The number of carbonyl (C=O) groups is 1. The number of rotatable bonds is 2. The van der Waals surface area contributed by atoms with Crippen LogP contribution in [-0.4, -0.2) is 24.6 Å². The Kier molecular flexibility index (Phi) is 3.56. The van der Waals surface area contributed by atoms with Crippen LogP contribution in [0.5, 0.6) is 0 Å². The predicted molar refractivity (Wildman–Crippen MR) is 83.5 cm³/mol. The van der Waals surface area contributed by atoms with E-state index in [1.165, 1.54) is 0 Å². The van der Waals surface area contributed by atoms with E-state index in [0.717, 1.165) is 5.69 Å². The first kappa shape index (κ1) is 14.8. The number of nitrogens with one attached hydrogen (secondary N) is 1. The van der Waals surface area contributed by atoms with Crippen LogP contribution in [0.4, 0.5) is 0 Å². The number of nitrogens with zero attached hydrogens (tertiary/aromatic N) is 1. The molecule has 1 aliphatic heterocycles. The third-order valence-electron chi connectivity index (χ3n) is 4.22. The number of carbonyl (C=O) groups excluding carboxylic acids is 1. The molecule has 6 heteroatoms. The highest BCUT2D eigenvalue weighted by Gasteiger charge is 2.31. The summed E-state index contributed by atoms with van der Waals surface area (Å²) in [5.41, 5.74) is 2.24. The fraction of sp³-hybridized carbons (Fsp3) is 0.312. The summed E-state index contributed by atoms with van der Waals surface area (Å²) in [6.07, 6.45) is 0.397. The number of hydrogen-bond donors (Lipinski definition) is 1. The molecule has 0 bridgehead atoms. The first-order chi connectivity index (χ1) is 10.4. The zero-order valence-electron chi connectivity index (χ0n) is 12.5. The lowest BCUT2D eigenvalue weighted by atomic mass is 10.0. The van der Waals surface area contributed by atoms with Crippen molar-refractivity contribution in [1.82, 2.24) is 9.88 Å². The van der Waals surface area contributed by atoms with E-state index in [0.29, 0.717) is 22.6 Å². The van der Waals surface area contributed by atoms with Gasteiger partial charge in [-0.15, -0.1) is 0 Å². The van der Waals surface area contributed by atoms with Gasteiger partial charge in [0.15, 0.2) is 9.84 Å². The smallest absolute Gasteiger partial charge is 0.268 e. The summed E-state index contributed by atoms with van der Waals surface area (Å²) in [5, 5.41) is 2.96. The number of benzene rings is 1. The van der Waals surface area contributed by atoms with Gasteiger partial charge in [-0.2, -0.15) is 0 Å². The van der Waals surface area contributed by atoms with Crippen molar-refractivity contribution in [2.75, 3.05) is 5.75 Å². The minimum absolute atomic E-state index is 0.0567. The van der Waals surface area contributed by atoms with Crippen LogP contribution in [0.15, 0.2) is 41.3 Å². The Balaban J connectivity index is 1.91. The zero-order valence-corrected chi connectivity index (χ0v) is 13.4. The van der Waals surface area contributed by atoms with Crippen LogP contribution in [0.3, 0.4) is 0 Å². The van der Waals surface area contributed by atoms with Gasteiger partial charge in [0, 0.05) is 12.7 Å². The molecule has 2 heterocycles. The van der Waals surface area contributed by atoms with Crippen LogP contribution in [-0.2, 0) is 16.9 Å². The monoisotopic (exact) mass is 318 g/mol. The Hall–Kier alpha value is -2.08. The minimum atomic E-state index is -3.24. The SMILES string of the molecule is Cc1ccc(C(=O)N[C@H]2CCS(=O)(=O)c3ccccc32)n1C. The van der Waals surface area contributed by atoms with Crippen molar-refractivity contribution in [2.24, 2.45) is 7.05 Å². The van der Waals surface area contributed by atoms with Gasteiger partial charge in [0.25, 0.3) is 5.91 Å². The summed E-state index contributed by atoms with van der Waals surface area (Å²) >= 11 is 0. The molecule has 1 aromatic carbocycles. The Bertz CT molecular complexity index is 837. The summed E-state index contributed by atoms with van der Waals surface area (Å²) in [7, 11) is -1.40. The number of fused-ring (bicyclic) bond motifs is 1. The Morgan fingerprint density at radius 1 is 1.23 bits per heavy atom. The van der Waals surface area contributed by atoms with Gasteiger partial charge in [-0.1, -0.05) is 18.2 Å². The molecule has 22 heavy (non-hydrogen) atoms. The fourth-order valence-corrected chi connectivity index (χ4v) is 4.43. The van der Waals surface area contributed by atoms with Crippen molar-refractivity contribution in [3.63, 3.8) is 0 Å². The first-order valence-electron chi connectivity index (χ1n) is 7.15. The lowest BCUT2D eigenvalue weighted by Crippen LogP contribution is -2.34. The lowest BCUT2D eigenvalue weighted by Gasteiger charge is -2.26. The molecule has 1 atom stereocenters. The lowest BCUT2D eigenvalue weighted by molar-refractivity contribution is 0.0926. The molecule has 116 valence electrons. The van der Waals surface area contributed by atoms with Gasteiger partial charge >= 0.3 is 0 Å². The number of aromatic nitrogens is 1. The molecule has 0 radical (unpaired) electrons. The highest BCUT2D eigenvalue weighted by atomic mass is 32.2. The maximum atomic E-state index is 12.4. The average molecular weight is 318 g/mol. The molecule has 0 unspecified atom stereocenters. The summed E-state index contributed by atoms with van der Waals surface area (Å²) in [6.45, 7) is 1.93. The molecular weight excluding hydrogens is 300 g/mol. The van der Waals surface area contributed by atoms with Crippen LogP contribution < -0.4 is 5.32 Å². The van der Waals surface area contributed by atoms with Crippen molar-refractivity contribution >= 4 is 15.7 Å². The van der Waals surface area contributed by atoms with Crippen LogP contribution in [0.25, 0.3) is 0 Å². The molecule has 1 aromatic heterocycles. The summed E-state index contributed by atoms with van der Waals surface area (Å²) < 4.78 is 26.1. The van der Waals surface area contributed by atoms with Gasteiger partial charge in [0.2, 0.25) is 0 Å². The summed E-state index contributed by atoms with van der Waals surface area (Å²) in [4.78, 5) is 12.8. The normalized spacial score (nSPS) is 19.5. The number of sulfone groups is 1. The van der Waals surface area contributed by atoms with Gasteiger partial charge in [0.1, 0.15) is 5.69 Å². The minimum Gasteiger partial charge on any atom is -0.344 e. The van der Waals surface area contributed by atoms with Gasteiger partial charge < -0.3 is 9.88 Å². The molecule has 1 amide bonds. The maximum absolute atomic E-state index is 12.4. The molecule has 1 N–H and O–H groups in total. The molecule has 2 aromatic rings. The Morgan fingerprint density at radius 3 is 2.64 bits per heavy atom. The first-order valence-corrected chi connectivity index (χ1v) is 8.80. The van der Waals surface area contributed by atoms with Gasteiger partial charge in [-0.3, -0.25) is 4.79 Å². The van der Waals surface area contributed by atoms with Crippen molar-refractivity contribution in [3.05, 3.63) is 53.3 Å². The highest BCUT2D eigenvalue weighted by molar-refractivity contribution is 7.91. The van der Waals surface area contributed by atoms with Crippen LogP contribution >= 0.6 is 0 Å². The van der Waals surface area contributed by atoms with Gasteiger partial charge in [0.05, 0.1) is 16.7 Å². The quantitative estimate of drug-likeness (QED) is 0.920. The number of amides is 1. The second-order valence-corrected chi connectivity index (χ2v) is 7.67. The zero-order chi connectivity index (χ0) is 15.9. The van der Waals surface area contributed by atoms with E-state index in [4.69, 9.17) is 0 Å². The van der Waals surface area contributed by atoms with Gasteiger partial charge in [-0.05, 0) is 37.1 Å². The van der Waals surface area contributed by atoms with Crippen LogP contribution in [0, 0.1) is 6.92 Å². The third-order valence-corrected chi connectivity index (χ3v) is 6.03. The van der Waals surface area contributed by atoms with E-state index in [2.05, 4.69) is 5.32 Å². The Labute approximate surface area is 129 Å². The molecule has 0 spiro atoms. The average Bonchev–Trinajstić information content (AvgIpc) is 2.82. The van der Waals surface area contributed by atoms with Crippen molar-refractivity contribution in [3.8, 4) is 0 Å². The maximum Gasteiger partial charge on any atom is 0.268 e. The second kappa shape index (κ2) is 5.28. The van der Waals surface area contributed by atoms with E-state index >= 15 is 0 Å².